The topological polar surface area (TPSA) is 26.0 Å². The fourth-order valence-electron chi connectivity index (χ4n) is 3.77. The Morgan fingerprint density at radius 2 is 1.35 bits per heavy atom. The van der Waals surface area contributed by atoms with Crippen molar-refractivity contribution in [3.63, 3.8) is 0 Å². The van der Waals surface area contributed by atoms with Gasteiger partial charge in [-0.1, -0.05) is 97.9 Å². The van der Waals surface area contributed by atoms with E-state index in [2.05, 4.69) is 97.9 Å². The summed E-state index contributed by atoms with van der Waals surface area (Å²) in [4.78, 5) is 0. The Balaban J connectivity index is 1.89. The minimum atomic E-state index is -0.522. The molecule has 0 heterocycles. The predicted octanol–water partition coefficient (Wildman–Crippen LogP) is 6.12. The molecule has 0 aliphatic rings. The summed E-state index contributed by atoms with van der Waals surface area (Å²) in [5.41, 5.74) is 11.3. The van der Waals surface area contributed by atoms with Crippen molar-refractivity contribution in [1.82, 2.24) is 0 Å². The van der Waals surface area contributed by atoms with Gasteiger partial charge in [-0.2, -0.15) is 0 Å². The SMILES string of the molecule is CCC(N)(c1cccc(-c2ccccc2)c1)c1cccc2ccccc12. The highest BCUT2D eigenvalue weighted by molar-refractivity contribution is 5.87. The van der Waals surface area contributed by atoms with Crippen LogP contribution < -0.4 is 5.73 Å². The van der Waals surface area contributed by atoms with Gasteiger partial charge in [0.2, 0.25) is 0 Å². The van der Waals surface area contributed by atoms with E-state index in [1.54, 1.807) is 0 Å². The molecule has 0 bridgehead atoms. The third kappa shape index (κ3) is 2.81. The summed E-state index contributed by atoms with van der Waals surface area (Å²) in [6.45, 7) is 2.16. The molecule has 0 aliphatic carbocycles. The zero-order chi connectivity index (χ0) is 18.0. The first-order valence-electron chi connectivity index (χ1n) is 9.15. The monoisotopic (exact) mass is 337 g/mol. The van der Waals surface area contributed by atoms with Crippen molar-refractivity contribution in [3.05, 3.63) is 108 Å². The maximum Gasteiger partial charge on any atom is 0.0669 e. The smallest absolute Gasteiger partial charge is 0.0669 e. The van der Waals surface area contributed by atoms with Gasteiger partial charge in [-0.05, 0) is 45.5 Å². The number of benzene rings is 4. The predicted molar refractivity (Wildman–Crippen MR) is 111 cm³/mol. The van der Waals surface area contributed by atoms with Gasteiger partial charge >= 0.3 is 0 Å². The molecular weight excluding hydrogens is 314 g/mol. The summed E-state index contributed by atoms with van der Waals surface area (Å²) in [7, 11) is 0. The maximum atomic E-state index is 7.05. The molecule has 0 radical (unpaired) electrons. The van der Waals surface area contributed by atoms with E-state index in [1.807, 2.05) is 6.07 Å². The van der Waals surface area contributed by atoms with Crippen LogP contribution in [0.3, 0.4) is 0 Å². The molecule has 1 atom stereocenters. The van der Waals surface area contributed by atoms with Crippen LogP contribution in [0.2, 0.25) is 0 Å². The summed E-state index contributed by atoms with van der Waals surface area (Å²) in [6.07, 6.45) is 0.833. The molecule has 0 saturated carbocycles. The van der Waals surface area contributed by atoms with Crippen LogP contribution in [-0.4, -0.2) is 0 Å². The maximum absolute atomic E-state index is 7.05. The Bertz CT molecular complexity index is 1030. The van der Waals surface area contributed by atoms with Crippen molar-refractivity contribution in [1.29, 1.82) is 0 Å². The molecule has 0 fully saturated rings. The van der Waals surface area contributed by atoms with Crippen LogP contribution in [0, 0.1) is 0 Å². The van der Waals surface area contributed by atoms with Gasteiger partial charge in [0.1, 0.15) is 0 Å². The van der Waals surface area contributed by atoms with Gasteiger partial charge in [-0.15, -0.1) is 0 Å². The standard InChI is InChI=1S/C25H23N/c1-2-25(26,24-17-9-13-20-12-6-7-16-23(20)24)22-15-8-14-21(18-22)19-10-4-3-5-11-19/h3-18H,2,26H2,1H3. The molecule has 128 valence electrons. The normalized spacial score (nSPS) is 13.5. The molecule has 1 unspecified atom stereocenters. The van der Waals surface area contributed by atoms with E-state index in [9.17, 15) is 0 Å². The van der Waals surface area contributed by atoms with E-state index < -0.39 is 5.54 Å². The molecular formula is C25H23N. The molecule has 0 saturated heterocycles. The first-order chi connectivity index (χ1) is 12.7. The van der Waals surface area contributed by atoms with Gasteiger partial charge in [-0.3, -0.25) is 0 Å². The van der Waals surface area contributed by atoms with Crippen LogP contribution in [-0.2, 0) is 5.54 Å². The minimum Gasteiger partial charge on any atom is -0.318 e. The quantitative estimate of drug-likeness (QED) is 0.477. The van der Waals surface area contributed by atoms with E-state index in [1.165, 1.54) is 27.5 Å². The largest absolute Gasteiger partial charge is 0.318 e. The average Bonchev–Trinajstić information content (AvgIpc) is 2.73. The van der Waals surface area contributed by atoms with Gasteiger partial charge in [-0.25, -0.2) is 0 Å². The molecule has 4 rings (SSSR count). The lowest BCUT2D eigenvalue weighted by atomic mass is 9.78. The molecule has 0 aliphatic heterocycles. The van der Waals surface area contributed by atoms with Gasteiger partial charge < -0.3 is 5.73 Å². The molecule has 26 heavy (non-hydrogen) atoms. The summed E-state index contributed by atoms with van der Waals surface area (Å²) in [5, 5.41) is 2.46. The Morgan fingerprint density at radius 1 is 0.692 bits per heavy atom. The van der Waals surface area contributed by atoms with Crippen molar-refractivity contribution in [2.45, 2.75) is 18.9 Å². The van der Waals surface area contributed by atoms with E-state index in [0.29, 0.717) is 0 Å². The lowest BCUT2D eigenvalue weighted by Gasteiger charge is -2.31. The number of rotatable bonds is 4. The second-order valence-electron chi connectivity index (χ2n) is 6.80. The van der Waals surface area contributed by atoms with Gasteiger partial charge in [0, 0.05) is 0 Å². The summed E-state index contributed by atoms with van der Waals surface area (Å²) in [6, 6.07) is 34.0. The van der Waals surface area contributed by atoms with Crippen LogP contribution in [0.1, 0.15) is 24.5 Å². The third-order valence-electron chi connectivity index (χ3n) is 5.31. The Kier molecular flexibility index (Phi) is 4.32. The van der Waals surface area contributed by atoms with Crippen molar-refractivity contribution >= 4 is 10.8 Å². The number of fused-ring (bicyclic) bond motifs is 1. The van der Waals surface area contributed by atoms with E-state index in [0.717, 1.165) is 12.0 Å². The number of hydrogen-bond acceptors (Lipinski definition) is 1. The first kappa shape index (κ1) is 16.6. The van der Waals surface area contributed by atoms with Crippen LogP contribution in [0.25, 0.3) is 21.9 Å². The van der Waals surface area contributed by atoms with E-state index in [-0.39, 0.29) is 0 Å². The second kappa shape index (κ2) is 6.78. The molecule has 1 nitrogen and oxygen atoms in total. The fourth-order valence-corrected chi connectivity index (χ4v) is 3.77. The van der Waals surface area contributed by atoms with E-state index in [4.69, 9.17) is 5.73 Å². The molecule has 0 spiro atoms. The molecule has 4 aromatic rings. The molecule has 2 N–H and O–H groups in total. The molecule has 1 heteroatoms. The van der Waals surface area contributed by atoms with Gasteiger partial charge in [0.05, 0.1) is 5.54 Å². The van der Waals surface area contributed by atoms with Gasteiger partial charge in [0.25, 0.3) is 0 Å². The van der Waals surface area contributed by atoms with Crippen molar-refractivity contribution in [2.24, 2.45) is 5.73 Å². The average molecular weight is 337 g/mol. The summed E-state index contributed by atoms with van der Waals surface area (Å²) in [5.74, 6) is 0. The highest BCUT2D eigenvalue weighted by Gasteiger charge is 2.29. The van der Waals surface area contributed by atoms with Gasteiger partial charge in [0.15, 0.2) is 0 Å². The Hall–Kier alpha value is -2.90. The first-order valence-corrected chi connectivity index (χ1v) is 9.15. The highest BCUT2D eigenvalue weighted by atomic mass is 14.7. The van der Waals surface area contributed by atoms with Crippen LogP contribution in [0.5, 0.6) is 0 Å². The lowest BCUT2D eigenvalue weighted by Crippen LogP contribution is -2.37. The van der Waals surface area contributed by atoms with Crippen molar-refractivity contribution < 1.29 is 0 Å². The van der Waals surface area contributed by atoms with Crippen molar-refractivity contribution in [2.75, 3.05) is 0 Å². The molecule has 0 aromatic heterocycles. The van der Waals surface area contributed by atoms with E-state index >= 15 is 0 Å². The zero-order valence-corrected chi connectivity index (χ0v) is 15.0. The number of nitrogens with two attached hydrogens (primary N) is 1. The molecule has 0 amide bonds. The Labute approximate surface area is 155 Å². The highest BCUT2D eigenvalue weighted by Crippen LogP contribution is 2.36. The summed E-state index contributed by atoms with van der Waals surface area (Å²) >= 11 is 0. The summed E-state index contributed by atoms with van der Waals surface area (Å²) < 4.78 is 0. The Morgan fingerprint density at radius 3 is 2.15 bits per heavy atom. The van der Waals surface area contributed by atoms with Crippen LogP contribution >= 0.6 is 0 Å². The fraction of sp³-hybridized carbons (Fsp3) is 0.120. The van der Waals surface area contributed by atoms with Crippen LogP contribution in [0.15, 0.2) is 97.1 Å². The second-order valence-corrected chi connectivity index (χ2v) is 6.80. The zero-order valence-electron chi connectivity index (χ0n) is 15.0. The van der Waals surface area contributed by atoms with Crippen LogP contribution in [0.4, 0.5) is 0 Å². The lowest BCUT2D eigenvalue weighted by molar-refractivity contribution is 0.523. The number of hydrogen-bond donors (Lipinski definition) is 1. The third-order valence-corrected chi connectivity index (χ3v) is 5.31. The molecule has 4 aromatic carbocycles. The van der Waals surface area contributed by atoms with Crippen molar-refractivity contribution in [3.8, 4) is 11.1 Å². The minimum absolute atomic E-state index is 0.522.